The van der Waals surface area contributed by atoms with Crippen molar-refractivity contribution < 1.29 is 28.6 Å². The van der Waals surface area contributed by atoms with Crippen molar-refractivity contribution in [1.82, 2.24) is 0 Å². The van der Waals surface area contributed by atoms with Crippen LogP contribution in [0.15, 0.2) is 109 Å². The lowest BCUT2D eigenvalue weighted by Gasteiger charge is -2.18. The van der Waals surface area contributed by atoms with Gasteiger partial charge in [0.1, 0.15) is 13.2 Å². The van der Waals surface area contributed by atoms with Crippen molar-refractivity contribution in [2.75, 3.05) is 13.2 Å². The number of hydrogen-bond donors (Lipinski definition) is 0. The summed E-state index contributed by atoms with van der Waals surface area (Å²) < 4.78 is 16.7. The molecular formula is C55H88O6. The molecule has 0 bridgehead atoms. The zero-order chi connectivity index (χ0) is 44.4. The van der Waals surface area contributed by atoms with Crippen molar-refractivity contribution in [1.29, 1.82) is 0 Å². The van der Waals surface area contributed by atoms with Crippen LogP contribution in [0.3, 0.4) is 0 Å². The zero-order valence-electron chi connectivity index (χ0n) is 39.1. The molecule has 0 heterocycles. The maximum atomic E-state index is 12.7. The number of esters is 3. The number of hydrogen-bond acceptors (Lipinski definition) is 6. The molecule has 0 saturated carbocycles. The minimum absolute atomic E-state index is 0.117. The first-order valence-electron chi connectivity index (χ1n) is 24.5. The summed E-state index contributed by atoms with van der Waals surface area (Å²) in [5.74, 6) is -1.02. The molecule has 6 heteroatoms. The Kier molecular flexibility index (Phi) is 45.6. The zero-order valence-corrected chi connectivity index (χ0v) is 39.1. The molecule has 0 fully saturated rings. The van der Waals surface area contributed by atoms with Crippen LogP contribution in [-0.2, 0) is 28.6 Å². The van der Waals surface area contributed by atoms with Gasteiger partial charge in [0.2, 0.25) is 0 Å². The van der Waals surface area contributed by atoms with Gasteiger partial charge in [0.05, 0.1) is 0 Å². The number of carbonyl (C=O) groups is 3. The highest BCUT2D eigenvalue weighted by Gasteiger charge is 2.19. The summed E-state index contributed by atoms with van der Waals surface area (Å²) in [6.07, 6.45) is 65.1. The maximum absolute atomic E-state index is 12.7. The van der Waals surface area contributed by atoms with Crippen LogP contribution in [0.2, 0.25) is 0 Å². The number of unbranched alkanes of at least 4 members (excludes halogenated alkanes) is 17. The Morgan fingerprint density at radius 3 is 1.26 bits per heavy atom. The van der Waals surface area contributed by atoms with Crippen LogP contribution in [0.5, 0.6) is 0 Å². The average Bonchev–Trinajstić information content (AvgIpc) is 3.26. The molecule has 0 N–H and O–H groups in total. The Bertz CT molecular complexity index is 1290. The van der Waals surface area contributed by atoms with Crippen molar-refractivity contribution in [3.8, 4) is 0 Å². The molecule has 0 aliphatic carbocycles. The summed E-state index contributed by atoms with van der Waals surface area (Å²) in [4.78, 5) is 37.8. The monoisotopic (exact) mass is 845 g/mol. The molecule has 0 aromatic rings. The molecule has 1 atom stereocenters. The topological polar surface area (TPSA) is 78.9 Å². The molecule has 0 aliphatic rings. The van der Waals surface area contributed by atoms with E-state index in [1.165, 1.54) is 51.4 Å². The molecule has 0 spiro atoms. The van der Waals surface area contributed by atoms with Gasteiger partial charge in [-0.1, -0.05) is 194 Å². The summed E-state index contributed by atoms with van der Waals surface area (Å²) in [6.45, 7) is 6.27. The molecule has 61 heavy (non-hydrogen) atoms. The van der Waals surface area contributed by atoms with Crippen LogP contribution < -0.4 is 0 Å². The molecule has 0 saturated heterocycles. The lowest BCUT2D eigenvalue weighted by Crippen LogP contribution is -2.30. The highest BCUT2D eigenvalue weighted by atomic mass is 16.6. The largest absolute Gasteiger partial charge is 0.462 e. The van der Waals surface area contributed by atoms with E-state index < -0.39 is 6.10 Å². The lowest BCUT2D eigenvalue weighted by atomic mass is 10.1. The van der Waals surface area contributed by atoms with Crippen LogP contribution in [0.1, 0.15) is 201 Å². The predicted molar refractivity (Wildman–Crippen MR) is 260 cm³/mol. The Hall–Kier alpha value is -3.93. The summed E-state index contributed by atoms with van der Waals surface area (Å²) in [5, 5.41) is 0. The average molecular weight is 845 g/mol. The van der Waals surface area contributed by atoms with Gasteiger partial charge in [-0.3, -0.25) is 14.4 Å². The van der Waals surface area contributed by atoms with E-state index in [1.54, 1.807) is 0 Å². The first-order valence-corrected chi connectivity index (χ1v) is 24.5. The van der Waals surface area contributed by atoms with E-state index in [-0.39, 0.29) is 37.5 Å². The summed E-state index contributed by atoms with van der Waals surface area (Å²) >= 11 is 0. The second-order valence-electron chi connectivity index (χ2n) is 15.7. The van der Waals surface area contributed by atoms with Crippen LogP contribution in [0.4, 0.5) is 0 Å². The number of carbonyl (C=O) groups excluding carboxylic acids is 3. The van der Waals surface area contributed by atoms with Gasteiger partial charge in [-0.05, 0) is 96.3 Å². The molecule has 0 aromatic carbocycles. The summed E-state index contributed by atoms with van der Waals surface area (Å²) in [7, 11) is 0. The molecule has 0 amide bonds. The summed E-state index contributed by atoms with van der Waals surface area (Å²) in [5.41, 5.74) is 0. The van der Waals surface area contributed by atoms with Crippen molar-refractivity contribution in [3.63, 3.8) is 0 Å². The summed E-state index contributed by atoms with van der Waals surface area (Å²) in [6, 6.07) is 0. The van der Waals surface area contributed by atoms with E-state index in [2.05, 4.69) is 93.7 Å². The van der Waals surface area contributed by atoms with Crippen LogP contribution >= 0.6 is 0 Å². The van der Waals surface area contributed by atoms with Crippen LogP contribution in [0, 0.1) is 0 Å². The molecule has 0 aromatic heterocycles. The van der Waals surface area contributed by atoms with E-state index in [9.17, 15) is 14.4 Å². The molecule has 0 radical (unpaired) electrons. The quantitative estimate of drug-likeness (QED) is 0.0200. The van der Waals surface area contributed by atoms with Gasteiger partial charge in [0, 0.05) is 19.3 Å². The number of allylic oxidation sites excluding steroid dienone is 18. The van der Waals surface area contributed by atoms with Crippen molar-refractivity contribution in [2.45, 2.75) is 207 Å². The smallest absolute Gasteiger partial charge is 0.306 e. The second-order valence-corrected chi connectivity index (χ2v) is 15.7. The van der Waals surface area contributed by atoms with E-state index in [0.29, 0.717) is 25.7 Å². The Morgan fingerprint density at radius 1 is 0.361 bits per heavy atom. The van der Waals surface area contributed by atoms with Gasteiger partial charge in [-0.15, -0.1) is 0 Å². The predicted octanol–water partition coefficient (Wildman–Crippen LogP) is 16.0. The van der Waals surface area contributed by atoms with Crippen molar-refractivity contribution >= 4 is 17.9 Å². The Labute approximate surface area is 374 Å². The highest BCUT2D eigenvalue weighted by Crippen LogP contribution is 2.12. The third-order valence-electron chi connectivity index (χ3n) is 9.86. The fraction of sp³-hybridized carbons (Fsp3) is 0.618. The van der Waals surface area contributed by atoms with E-state index in [4.69, 9.17) is 14.2 Å². The van der Waals surface area contributed by atoms with E-state index >= 15 is 0 Å². The Balaban J connectivity index is 4.51. The third-order valence-corrected chi connectivity index (χ3v) is 9.86. The van der Waals surface area contributed by atoms with E-state index in [1.807, 2.05) is 36.5 Å². The molecular weight excluding hydrogens is 757 g/mol. The normalized spacial score (nSPS) is 13.0. The minimum Gasteiger partial charge on any atom is -0.462 e. The molecule has 0 aliphatic heterocycles. The third kappa shape index (κ3) is 47.0. The SMILES string of the molecule is CC\C=C/C=C\C=C/C=C\CCCCCC(=O)OC(COC(=O)CCCC/C=C\C/C=C\C/C=C\CC)COC(=O)CCCCCCC/C=C\C=C/CCCCCCCCC. The van der Waals surface area contributed by atoms with Gasteiger partial charge in [-0.2, -0.15) is 0 Å². The fourth-order valence-electron chi connectivity index (χ4n) is 6.22. The lowest BCUT2D eigenvalue weighted by molar-refractivity contribution is -0.167. The molecule has 0 rings (SSSR count). The van der Waals surface area contributed by atoms with Crippen LogP contribution in [-0.4, -0.2) is 37.2 Å². The standard InChI is InChI=1S/C55H88O6/c1-4-7-10-13-16-19-22-25-26-27-28-29-31-33-36-39-42-45-48-54(57)60-51-52(50-59-53(56)47-44-41-38-35-32-24-21-18-15-12-9-6-3)61-55(58)49-46-43-40-37-34-30-23-20-17-14-11-8-5-2/h8-9,11-12,14,17-18,20-21,23,26-30,32,34-35,52H,4-7,10,13,15-16,19,22,24-25,31,33,36-51H2,1-3H3/b11-8-,12-9-,17-14-,21-18-,23-20-,27-26-,29-28-,34-30-,35-32-. The molecule has 6 nitrogen and oxygen atoms in total. The maximum Gasteiger partial charge on any atom is 0.306 e. The highest BCUT2D eigenvalue weighted by molar-refractivity contribution is 5.71. The van der Waals surface area contributed by atoms with Crippen LogP contribution in [0.25, 0.3) is 0 Å². The van der Waals surface area contributed by atoms with Gasteiger partial charge < -0.3 is 14.2 Å². The molecule has 344 valence electrons. The second kappa shape index (κ2) is 48.7. The minimum atomic E-state index is -0.821. The van der Waals surface area contributed by atoms with Crippen molar-refractivity contribution in [2.24, 2.45) is 0 Å². The van der Waals surface area contributed by atoms with Gasteiger partial charge in [-0.25, -0.2) is 0 Å². The van der Waals surface area contributed by atoms with Crippen molar-refractivity contribution in [3.05, 3.63) is 109 Å². The first-order chi connectivity index (χ1) is 30.0. The van der Waals surface area contributed by atoms with Gasteiger partial charge >= 0.3 is 17.9 Å². The van der Waals surface area contributed by atoms with Gasteiger partial charge in [0.15, 0.2) is 6.10 Å². The number of ether oxygens (including phenoxy) is 3. The number of rotatable bonds is 42. The first kappa shape index (κ1) is 57.1. The van der Waals surface area contributed by atoms with Gasteiger partial charge in [0.25, 0.3) is 0 Å². The Morgan fingerprint density at radius 2 is 0.721 bits per heavy atom. The van der Waals surface area contributed by atoms with E-state index in [0.717, 1.165) is 96.3 Å². The molecule has 1 unspecified atom stereocenters. The fourth-order valence-corrected chi connectivity index (χ4v) is 6.22.